The Balaban J connectivity index is 2.99. The monoisotopic (exact) mass is 235 g/mol. The maximum atomic E-state index is 12.9. The van der Waals surface area contributed by atoms with Crippen molar-refractivity contribution in [2.75, 3.05) is 0 Å². The summed E-state index contributed by atoms with van der Waals surface area (Å²) in [5, 5.41) is 5.78. The smallest absolute Gasteiger partial charge is 0.128 e. The van der Waals surface area contributed by atoms with Crippen molar-refractivity contribution in [2.45, 2.75) is 10.2 Å². The van der Waals surface area contributed by atoms with Crippen LogP contribution in [0.4, 0.5) is 4.39 Å². The molecule has 0 amide bonds. The third-order valence-electron chi connectivity index (χ3n) is 1.30. The van der Waals surface area contributed by atoms with Crippen LogP contribution in [0.15, 0.2) is 23.1 Å². The van der Waals surface area contributed by atoms with Crippen molar-refractivity contribution in [3.8, 4) is 0 Å². The minimum absolute atomic E-state index is 0.211. The largest absolute Gasteiger partial charge is 0.274 e. The fraction of sp³-hybridized carbons (Fsp3) is 0.143. The molecular weight excluding hydrogens is 229 g/mol. The zero-order chi connectivity index (χ0) is 8.27. The molecule has 0 heterocycles. The van der Waals surface area contributed by atoms with E-state index in [-0.39, 0.29) is 5.82 Å². The van der Waals surface area contributed by atoms with Gasteiger partial charge in [0.15, 0.2) is 0 Å². The van der Waals surface area contributed by atoms with Crippen molar-refractivity contribution in [3.05, 3.63) is 29.6 Å². The number of benzene rings is 1. The highest BCUT2D eigenvalue weighted by Gasteiger charge is 2.00. The molecule has 60 valence electrons. The summed E-state index contributed by atoms with van der Waals surface area (Å²) >= 11 is 4.22. The quantitative estimate of drug-likeness (QED) is 0.631. The van der Waals surface area contributed by atoms with E-state index >= 15 is 0 Å². The van der Waals surface area contributed by atoms with Gasteiger partial charge in [-0.2, -0.15) is 0 Å². The van der Waals surface area contributed by atoms with Gasteiger partial charge in [0, 0.05) is 10.2 Å². The zero-order valence-corrected chi connectivity index (χ0v) is 8.08. The van der Waals surface area contributed by atoms with Gasteiger partial charge >= 0.3 is 0 Å². The van der Waals surface area contributed by atoms with E-state index in [1.54, 1.807) is 12.1 Å². The normalized spacial score (nSPS) is 10.1. The molecule has 0 bridgehead atoms. The van der Waals surface area contributed by atoms with Gasteiger partial charge in [-0.25, -0.2) is 4.39 Å². The molecule has 1 aromatic carbocycles. The molecule has 1 aromatic rings. The van der Waals surface area contributed by atoms with Crippen molar-refractivity contribution < 1.29 is 4.39 Å². The van der Waals surface area contributed by atoms with Crippen LogP contribution < -0.4 is 5.14 Å². The first kappa shape index (κ1) is 9.03. The summed E-state index contributed by atoms with van der Waals surface area (Å²) in [7, 11) is 0. The van der Waals surface area contributed by atoms with Crippen LogP contribution in [0.1, 0.15) is 5.56 Å². The Labute approximate surface area is 77.4 Å². The van der Waals surface area contributed by atoms with Gasteiger partial charge in [0.1, 0.15) is 5.82 Å². The Morgan fingerprint density at radius 1 is 1.55 bits per heavy atom. The summed E-state index contributed by atoms with van der Waals surface area (Å²) in [5.74, 6) is -0.211. The van der Waals surface area contributed by atoms with Crippen molar-refractivity contribution in [1.29, 1.82) is 0 Å². The topological polar surface area (TPSA) is 26.0 Å². The molecule has 0 saturated carbocycles. The Kier molecular flexibility index (Phi) is 3.36. The lowest BCUT2D eigenvalue weighted by Gasteiger charge is -1.99. The first-order valence-corrected chi connectivity index (χ1v) is 4.99. The van der Waals surface area contributed by atoms with E-state index in [0.29, 0.717) is 10.9 Å². The highest BCUT2D eigenvalue weighted by molar-refractivity contribution is 9.08. The average Bonchev–Trinajstić information content (AvgIpc) is 2.04. The Morgan fingerprint density at radius 2 is 2.27 bits per heavy atom. The predicted molar refractivity (Wildman–Crippen MR) is 49.1 cm³/mol. The molecule has 0 aliphatic heterocycles. The summed E-state index contributed by atoms with van der Waals surface area (Å²) in [5.41, 5.74) is 0.655. The molecule has 1 rings (SSSR count). The lowest BCUT2D eigenvalue weighted by atomic mass is 10.2. The SMILES string of the molecule is NSc1ccc(CBr)c(F)c1. The van der Waals surface area contributed by atoms with Gasteiger partial charge in [-0.1, -0.05) is 22.0 Å². The van der Waals surface area contributed by atoms with E-state index in [2.05, 4.69) is 15.9 Å². The van der Waals surface area contributed by atoms with Crippen LogP contribution in [0.2, 0.25) is 0 Å². The number of alkyl halides is 1. The molecule has 1 nitrogen and oxygen atoms in total. The molecule has 0 atom stereocenters. The molecule has 0 aliphatic carbocycles. The minimum Gasteiger partial charge on any atom is -0.274 e. The van der Waals surface area contributed by atoms with Gasteiger partial charge in [0.2, 0.25) is 0 Å². The fourth-order valence-electron chi connectivity index (χ4n) is 0.710. The lowest BCUT2D eigenvalue weighted by molar-refractivity contribution is 0.614. The Morgan fingerprint density at radius 3 is 2.73 bits per heavy atom. The molecule has 0 fully saturated rings. The van der Waals surface area contributed by atoms with E-state index in [1.165, 1.54) is 6.07 Å². The maximum Gasteiger partial charge on any atom is 0.128 e. The Hall–Kier alpha value is -0.0600. The van der Waals surface area contributed by atoms with Crippen molar-refractivity contribution in [3.63, 3.8) is 0 Å². The van der Waals surface area contributed by atoms with E-state index in [9.17, 15) is 4.39 Å². The van der Waals surface area contributed by atoms with Gasteiger partial charge in [0.25, 0.3) is 0 Å². The number of hydrogen-bond acceptors (Lipinski definition) is 2. The summed E-state index contributed by atoms with van der Waals surface area (Å²) in [6.07, 6.45) is 0. The standard InChI is InChI=1S/C7H7BrFNS/c8-4-5-1-2-6(11-10)3-7(5)9/h1-3H,4,10H2. The van der Waals surface area contributed by atoms with Crippen molar-refractivity contribution in [1.82, 2.24) is 0 Å². The van der Waals surface area contributed by atoms with Crippen LogP contribution >= 0.6 is 27.9 Å². The van der Waals surface area contributed by atoms with E-state index < -0.39 is 0 Å². The maximum absolute atomic E-state index is 12.9. The van der Waals surface area contributed by atoms with Gasteiger partial charge in [-0.3, -0.25) is 5.14 Å². The average molecular weight is 236 g/mol. The number of halogens is 2. The molecule has 4 heteroatoms. The fourth-order valence-corrected chi connectivity index (χ4v) is 1.48. The third kappa shape index (κ3) is 2.18. The van der Waals surface area contributed by atoms with Crippen molar-refractivity contribution >= 4 is 27.9 Å². The molecule has 11 heavy (non-hydrogen) atoms. The van der Waals surface area contributed by atoms with Gasteiger partial charge in [-0.15, -0.1) is 0 Å². The molecule has 0 aliphatic rings. The summed E-state index contributed by atoms with van der Waals surface area (Å²) < 4.78 is 12.9. The molecule has 0 saturated heterocycles. The van der Waals surface area contributed by atoms with Gasteiger partial charge < -0.3 is 0 Å². The second kappa shape index (κ2) is 4.09. The van der Waals surface area contributed by atoms with Crippen molar-refractivity contribution in [2.24, 2.45) is 5.14 Å². The van der Waals surface area contributed by atoms with E-state index in [4.69, 9.17) is 5.14 Å². The first-order valence-electron chi connectivity index (χ1n) is 2.99. The summed E-state index contributed by atoms with van der Waals surface area (Å²) in [4.78, 5) is 0.743. The summed E-state index contributed by atoms with van der Waals surface area (Å²) in [6.45, 7) is 0. The highest BCUT2D eigenvalue weighted by Crippen LogP contribution is 2.17. The number of nitrogens with two attached hydrogens (primary N) is 1. The van der Waals surface area contributed by atoms with E-state index in [0.717, 1.165) is 16.8 Å². The molecular formula is C7H7BrFNS. The molecule has 0 unspecified atom stereocenters. The molecule has 0 aromatic heterocycles. The van der Waals surface area contributed by atoms with Crippen LogP contribution in [0.25, 0.3) is 0 Å². The van der Waals surface area contributed by atoms with Gasteiger partial charge in [0.05, 0.1) is 0 Å². The number of hydrogen-bond donors (Lipinski definition) is 1. The lowest BCUT2D eigenvalue weighted by Crippen LogP contribution is -1.87. The van der Waals surface area contributed by atoms with Gasteiger partial charge in [-0.05, 0) is 29.6 Å². The first-order chi connectivity index (χ1) is 5.27. The summed E-state index contributed by atoms with van der Waals surface area (Å²) in [6, 6.07) is 4.95. The number of rotatable bonds is 2. The van der Waals surface area contributed by atoms with Crippen LogP contribution in [-0.2, 0) is 5.33 Å². The van der Waals surface area contributed by atoms with Crippen LogP contribution in [0.5, 0.6) is 0 Å². The van der Waals surface area contributed by atoms with Crippen LogP contribution in [0.3, 0.4) is 0 Å². The Bertz CT molecular complexity index is 254. The molecule has 2 N–H and O–H groups in total. The van der Waals surface area contributed by atoms with Crippen LogP contribution in [0, 0.1) is 5.82 Å². The molecule has 0 radical (unpaired) electrons. The highest BCUT2D eigenvalue weighted by atomic mass is 79.9. The van der Waals surface area contributed by atoms with Crippen LogP contribution in [-0.4, -0.2) is 0 Å². The minimum atomic E-state index is -0.211. The third-order valence-corrected chi connectivity index (χ3v) is 2.43. The van der Waals surface area contributed by atoms with E-state index in [1.807, 2.05) is 0 Å². The second-order valence-corrected chi connectivity index (χ2v) is 3.27. The second-order valence-electron chi connectivity index (χ2n) is 2.00. The zero-order valence-electron chi connectivity index (χ0n) is 5.68. The molecule has 0 spiro atoms. The predicted octanol–water partition coefficient (Wildman–Crippen LogP) is 2.69.